The van der Waals surface area contributed by atoms with Crippen LogP contribution in [-0.4, -0.2) is 16.3 Å². The summed E-state index contributed by atoms with van der Waals surface area (Å²) in [6.45, 7) is 0.960. The standard InChI is InChI=1S/C11H15N3O/c15-11-9-5-2-6-12-10(9)7-13-14(11)8-3-1-4-8/h7-8,12H,1-6H2. The van der Waals surface area contributed by atoms with Crippen molar-refractivity contribution in [3.8, 4) is 0 Å². The van der Waals surface area contributed by atoms with E-state index in [1.807, 2.05) is 6.20 Å². The van der Waals surface area contributed by atoms with Crippen LogP contribution in [0.15, 0.2) is 11.0 Å². The number of nitrogens with one attached hydrogen (secondary N) is 1. The van der Waals surface area contributed by atoms with E-state index in [9.17, 15) is 4.79 Å². The Morgan fingerprint density at radius 3 is 3.00 bits per heavy atom. The van der Waals surface area contributed by atoms with Crippen molar-refractivity contribution in [2.45, 2.75) is 38.1 Å². The molecule has 1 N–H and O–H groups in total. The van der Waals surface area contributed by atoms with Gasteiger partial charge >= 0.3 is 0 Å². The van der Waals surface area contributed by atoms with Crippen LogP contribution in [0, 0.1) is 0 Å². The second-order valence-electron chi connectivity index (χ2n) is 4.40. The largest absolute Gasteiger partial charge is 0.383 e. The van der Waals surface area contributed by atoms with E-state index in [0.29, 0.717) is 6.04 Å². The monoisotopic (exact) mass is 205 g/mol. The zero-order chi connectivity index (χ0) is 10.3. The third kappa shape index (κ3) is 1.35. The van der Waals surface area contributed by atoms with Gasteiger partial charge in [0.25, 0.3) is 5.56 Å². The molecule has 1 fully saturated rings. The number of hydrogen-bond donors (Lipinski definition) is 1. The van der Waals surface area contributed by atoms with Crippen LogP contribution in [0.25, 0.3) is 0 Å². The molecule has 0 unspecified atom stereocenters. The third-order valence-electron chi connectivity index (χ3n) is 3.44. The zero-order valence-electron chi connectivity index (χ0n) is 8.70. The van der Waals surface area contributed by atoms with Crippen molar-refractivity contribution in [2.24, 2.45) is 0 Å². The van der Waals surface area contributed by atoms with E-state index in [1.54, 1.807) is 4.68 Å². The quantitative estimate of drug-likeness (QED) is 0.752. The first-order valence-electron chi connectivity index (χ1n) is 5.71. The molecular weight excluding hydrogens is 190 g/mol. The Kier molecular flexibility index (Phi) is 2.01. The molecular formula is C11H15N3O. The molecule has 0 radical (unpaired) electrons. The zero-order valence-corrected chi connectivity index (χ0v) is 8.70. The SMILES string of the molecule is O=c1c2c(cnn1C1CCC1)NCCC2. The molecule has 1 aromatic rings. The van der Waals surface area contributed by atoms with Gasteiger partial charge in [-0.2, -0.15) is 5.10 Å². The summed E-state index contributed by atoms with van der Waals surface area (Å²) in [6.07, 6.45) is 7.22. The summed E-state index contributed by atoms with van der Waals surface area (Å²) in [6, 6.07) is 0.365. The molecule has 1 aromatic heterocycles. The summed E-state index contributed by atoms with van der Waals surface area (Å²) < 4.78 is 1.69. The summed E-state index contributed by atoms with van der Waals surface area (Å²) in [5.41, 5.74) is 2.01. The van der Waals surface area contributed by atoms with Crippen molar-refractivity contribution in [1.82, 2.24) is 9.78 Å². The fourth-order valence-corrected chi connectivity index (χ4v) is 2.28. The minimum atomic E-state index is 0.129. The Balaban J connectivity index is 2.06. The third-order valence-corrected chi connectivity index (χ3v) is 3.44. The Labute approximate surface area is 88.3 Å². The maximum absolute atomic E-state index is 12.1. The number of nitrogens with zero attached hydrogens (tertiary/aromatic N) is 2. The molecule has 0 saturated heterocycles. The van der Waals surface area contributed by atoms with Gasteiger partial charge < -0.3 is 5.32 Å². The van der Waals surface area contributed by atoms with Crippen LogP contribution in [-0.2, 0) is 6.42 Å². The normalized spacial score (nSPS) is 20.3. The highest BCUT2D eigenvalue weighted by atomic mass is 16.1. The molecule has 4 nitrogen and oxygen atoms in total. The number of aromatic nitrogens is 2. The number of anilines is 1. The maximum atomic E-state index is 12.1. The van der Waals surface area contributed by atoms with E-state index in [4.69, 9.17) is 0 Å². The molecule has 1 aliphatic carbocycles. The van der Waals surface area contributed by atoms with Gasteiger partial charge in [0.15, 0.2) is 0 Å². The number of hydrogen-bond acceptors (Lipinski definition) is 3. The average molecular weight is 205 g/mol. The molecule has 0 atom stereocenters. The topological polar surface area (TPSA) is 46.9 Å². The lowest BCUT2D eigenvalue weighted by Crippen LogP contribution is -2.35. The van der Waals surface area contributed by atoms with Crippen LogP contribution >= 0.6 is 0 Å². The van der Waals surface area contributed by atoms with Gasteiger partial charge in [-0.1, -0.05) is 0 Å². The summed E-state index contributed by atoms with van der Waals surface area (Å²) in [7, 11) is 0. The molecule has 2 heterocycles. The van der Waals surface area contributed by atoms with E-state index in [1.165, 1.54) is 6.42 Å². The lowest BCUT2D eigenvalue weighted by Gasteiger charge is -2.27. The van der Waals surface area contributed by atoms with E-state index in [0.717, 1.165) is 43.5 Å². The Morgan fingerprint density at radius 2 is 2.27 bits per heavy atom. The Bertz CT molecular complexity index is 434. The van der Waals surface area contributed by atoms with Crippen LogP contribution in [0.4, 0.5) is 5.69 Å². The van der Waals surface area contributed by atoms with Crippen LogP contribution < -0.4 is 10.9 Å². The molecule has 0 aromatic carbocycles. The summed E-state index contributed by atoms with van der Waals surface area (Å²) >= 11 is 0. The minimum Gasteiger partial charge on any atom is -0.383 e. The summed E-state index contributed by atoms with van der Waals surface area (Å²) in [5, 5.41) is 7.49. The van der Waals surface area contributed by atoms with Crippen molar-refractivity contribution < 1.29 is 0 Å². The van der Waals surface area contributed by atoms with Crippen molar-refractivity contribution in [2.75, 3.05) is 11.9 Å². The van der Waals surface area contributed by atoms with Gasteiger partial charge in [0.1, 0.15) is 0 Å². The lowest BCUT2D eigenvalue weighted by molar-refractivity contribution is 0.277. The minimum absolute atomic E-state index is 0.129. The second-order valence-corrected chi connectivity index (χ2v) is 4.40. The van der Waals surface area contributed by atoms with Crippen LogP contribution in [0.2, 0.25) is 0 Å². The molecule has 3 rings (SSSR count). The molecule has 0 bridgehead atoms. The van der Waals surface area contributed by atoms with Gasteiger partial charge in [-0.05, 0) is 32.1 Å². The fraction of sp³-hybridized carbons (Fsp3) is 0.636. The maximum Gasteiger partial charge on any atom is 0.272 e. The van der Waals surface area contributed by atoms with E-state index in [2.05, 4.69) is 10.4 Å². The van der Waals surface area contributed by atoms with Gasteiger partial charge in [0, 0.05) is 12.1 Å². The Morgan fingerprint density at radius 1 is 1.40 bits per heavy atom. The summed E-state index contributed by atoms with van der Waals surface area (Å²) in [4.78, 5) is 12.1. The Hall–Kier alpha value is -1.32. The first-order chi connectivity index (χ1) is 7.36. The van der Waals surface area contributed by atoms with Crippen LogP contribution in [0.3, 0.4) is 0 Å². The average Bonchev–Trinajstić information content (AvgIpc) is 2.20. The van der Waals surface area contributed by atoms with Gasteiger partial charge in [-0.15, -0.1) is 0 Å². The number of rotatable bonds is 1. The molecule has 1 aliphatic heterocycles. The molecule has 0 spiro atoms. The molecule has 15 heavy (non-hydrogen) atoms. The molecule has 4 heteroatoms. The van der Waals surface area contributed by atoms with Crippen molar-refractivity contribution in [3.05, 3.63) is 22.1 Å². The van der Waals surface area contributed by atoms with E-state index < -0.39 is 0 Å². The smallest absolute Gasteiger partial charge is 0.272 e. The van der Waals surface area contributed by atoms with Crippen LogP contribution in [0.1, 0.15) is 37.3 Å². The van der Waals surface area contributed by atoms with Crippen molar-refractivity contribution in [3.63, 3.8) is 0 Å². The molecule has 1 saturated carbocycles. The first kappa shape index (κ1) is 8.95. The first-order valence-corrected chi connectivity index (χ1v) is 5.71. The highest BCUT2D eigenvalue weighted by molar-refractivity contribution is 5.49. The van der Waals surface area contributed by atoms with E-state index in [-0.39, 0.29) is 5.56 Å². The number of fused-ring (bicyclic) bond motifs is 1. The molecule has 0 amide bonds. The highest BCUT2D eigenvalue weighted by Crippen LogP contribution is 2.30. The van der Waals surface area contributed by atoms with Gasteiger partial charge in [0.2, 0.25) is 0 Å². The van der Waals surface area contributed by atoms with Crippen molar-refractivity contribution >= 4 is 5.69 Å². The lowest BCUT2D eigenvalue weighted by atomic mass is 9.93. The van der Waals surface area contributed by atoms with E-state index >= 15 is 0 Å². The van der Waals surface area contributed by atoms with Gasteiger partial charge in [0.05, 0.1) is 17.9 Å². The van der Waals surface area contributed by atoms with Crippen LogP contribution in [0.5, 0.6) is 0 Å². The summed E-state index contributed by atoms with van der Waals surface area (Å²) in [5.74, 6) is 0. The highest BCUT2D eigenvalue weighted by Gasteiger charge is 2.24. The fourth-order valence-electron chi connectivity index (χ4n) is 2.28. The second kappa shape index (κ2) is 3.36. The molecule has 2 aliphatic rings. The predicted molar refractivity (Wildman–Crippen MR) is 58.2 cm³/mol. The predicted octanol–water partition coefficient (Wildman–Crippen LogP) is 1.33. The molecule has 80 valence electrons. The van der Waals surface area contributed by atoms with Crippen molar-refractivity contribution in [1.29, 1.82) is 0 Å². The van der Waals surface area contributed by atoms with Gasteiger partial charge in [-0.25, -0.2) is 4.68 Å². The van der Waals surface area contributed by atoms with Gasteiger partial charge in [-0.3, -0.25) is 4.79 Å².